The highest BCUT2D eigenvalue weighted by molar-refractivity contribution is 6.04. The molecule has 0 radical (unpaired) electrons. The van der Waals surface area contributed by atoms with E-state index in [0.29, 0.717) is 43.1 Å². The van der Waals surface area contributed by atoms with Gasteiger partial charge in [0.2, 0.25) is 24.6 Å². The number of imide groups is 1. The first-order chi connectivity index (χ1) is 15.4. The van der Waals surface area contributed by atoms with E-state index in [0.717, 1.165) is 30.8 Å². The molecule has 32 heavy (non-hydrogen) atoms. The van der Waals surface area contributed by atoms with Crippen molar-refractivity contribution in [1.82, 2.24) is 14.8 Å². The van der Waals surface area contributed by atoms with Crippen LogP contribution in [0.25, 0.3) is 0 Å². The number of rotatable bonds is 10. The molecular weight excluding hydrogens is 412 g/mol. The maximum Gasteiger partial charge on any atom is 0.253 e. The van der Waals surface area contributed by atoms with E-state index < -0.39 is 5.54 Å². The molecular formula is C23H34N4O5. The number of carbonyl (C=O) groups excluding carboxylic acids is 4. The number of hydrogen-bond donors (Lipinski definition) is 0. The minimum absolute atomic E-state index is 0.302. The van der Waals surface area contributed by atoms with Crippen LogP contribution in [-0.4, -0.2) is 72.2 Å². The highest BCUT2D eigenvalue weighted by Crippen LogP contribution is 2.42. The van der Waals surface area contributed by atoms with Gasteiger partial charge in [-0.05, 0) is 38.2 Å². The third-order valence-electron chi connectivity index (χ3n) is 5.92. The van der Waals surface area contributed by atoms with Crippen LogP contribution in [0.15, 0.2) is 18.3 Å². The summed E-state index contributed by atoms with van der Waals surface area (Å²) < 4.78 is 4.95. The second-order valence-corrected chi connectivity index (χ2v) is 8.12. The number of methoxy groups -OCH3 is 1. The third kappa shape index (κ3) is 6.27. The van der Waals surface area contributed by atoms with Crippen LogP contribution in [0.1, 0.15) is 58.3 Å². The lowest BCUT2D eigenvalue weighted by Gasteiger charge is -2.27. The molecule has 1 saturated carbocycles. The van der Waals surface area contributed by atoms with Gasteiger partial charge in [0.05, 0.1) is 19.0 Å². The van der Waals surface area contributed by atoms with E-state index in [1.54, 1.807) is 19.2 Å². The zero-order valence-electron chi connectivity index (χ0n) is 19.3. The summed E-state index contributed by atoms with van der Waals surface area (Å²) in [6, 6.07) is 3.32. The lowest BCUT2D eigenvalue weighted by atomic mass is 10.2. The van der Waals surface area contributed by atoms with Crippen molar-refractivity contribution in [3.63, 3.8) is 0 Å². The second kappa shape index (κ2) is 12.2. The topological polar surface area (TPSA) is 100 Å². The van der Waals surface area contributed by atoms with Gasteiger partial charge in [-0.3, -0.25) is 24.1 Å². The number of aromatic nitrogens is 1. The van der Waals surface area contributed by atoms with Gasteiger partial charge in [0.1, 0.15) is 5.54 Å². The molecule has 0 N–H and O–H groups in total. The average molecular weight is 447 g/mol. The molecule has 2 aliphatic rings. The average Bonchev–Trinajstić information content (AvgIpc) is 3.43. The first-order valence-electron chi connectivity index (χ1n) is 11.2. The van der Waals surface area contributed by atoms with Gasteiger partial charge < -0.3 is 14.5 Å². The molecule has 2 heterocycles. The van der Waals surface area contributed by atoms with Gasteiger partial charge in [0, 0.05) is 32.6 Å². The summed E-state index contributed by atoms with van der Waals surface area (Å²) in [5.74, 6) is 0.516. The first kappa shape index (κ1) is 25.3. The van der Waals surface area contributed by atoms with E-state index >= 15 is 0 Å². The zero-order valence-corrected chi connectivity index (χ0v) is 19.3. The molecule has 0 unspecified atom stereocenters. The Balaban J connectivity index is 0.000000258. The molecule has 9 nitrogen and oxygen atoms in total. The van der Waals surface area contributed by atoms with Gasteiger partial charge in [-0.1, -0.05) is 19.8 Å². The molecule has 1 aliphatic carbocycles. The van der Waals surface area contributed by atoms with Crippen LogP contribution in [0.4, 0.5) is 5.69 Å². The van der Waals surface area contributed by atoms with Crippen molar-refractivity contribution in [2.45, 2.75) is 63.8 Å². The van der Waals surface area contributed by atoms with Crippen LogP contribution < -0.4 is 9.64 Å². The Hall–Kier alpha value is -2.97. The Kier molecular flexibility index (Phi) is 9.61. The summed E-state index contributed by atoms with van der Waals surface area (Å²) in [4.78, 5) is 53.9. The number of ether oxygens (including phenoxy) is 1. The van der Waals surface area contributed by atoms with E-state index in [9.17, 15) is 19.2 Å². The molecule has 1 aromatic rings. The second-order valence-electron chi connectivity index (χ2n) is 8.12. The Bertz CT molecular complexity index is 765. The fraction of sp³-hybridized carbons (Fsp3) is 0.609. The maximum atomic E-state index is 12.4. The van der Waals surface area contributed by atoms with Crippen LogP contribution in [0.2, 0.25) is 0 Å². The van der Waals surface area contributed by atoms with Crippen molar-refractivity contribution in [3.05, 3.63) is 18.3 Å². The highest BCUT2D eigenvalue weighted by Gasteiger charge is 2.56. The number of anilines is 1. The lowest BCUT2D eigenvalue weighted by molar-refractivity contribution is -0.140. The highest BCUT2D eigenvalue weighted by atomic mass is 16.5. The molecule has 1 saturated heterocycles. The predicted octanol–water partition coefficient (Wildman–Crippen LogP) is 2.39. The normalized spacial score (nSPS) is 15.8. The maximum absolute atomic E-state index is 12.4. The number of nitrogens with zero attached hydrogens (tertiary/aromatic N) is 4. The number of amides is 4. The monoisotopic (exact) mass is 446 g/mol. The van der Waals surface area contributed by atoms with Gasteiger partial charge in [-0.2, -0.15) is 0 Å². The van der Waals surface area contributed by atoms with Crippen molar-refractivity contribution in [2.24, 2.45) is 0 Å². The minimum atomic E-state index is -1.03. The number of carbonyl (C=O) groups is 4. The number of pyridine rings is 1. The van der Waals surface area contributed by atoms with Crippen LogP contribution >= 0.6 is 0 Å². The smallest absolute Gasteiger partial charge is 0.253 e. The molecule has 1 aliphatic heterocycles. The number of likely N-dealkylation sites (N-methyl/N-ethyl adjacent to an activating group) is 1. The quantitative estimate of drug-likeness (QED) is 0.404. The van der Waals surface area contributed by atoms with Crippen LogP contribution in [-0.2, 0) is 19.2 Å². The predicted molar refractivity (Wildman–Crippen MR) is 120 cm³/mol. The molecule has 4 amide bonds. The summed E-state index contributed by atoms with van der Waals surface area (Å²) in [5, 5.41) is 0. The summed E-state index contributed by atoms with van der Waals surface area (Å²) in [5.41, 5.74) is -0.461. The van der Waals surface area contributed by atoms with Gasteiger partial charge in [0.25, 0.3) is 5.91 Å². The van der Waals surface area contributed by atoms with Gasteiger partial charge in [-0.25, -0.2) is 4.98 Å². The van der Waals surface area contributed by atoms with Crippen molar-refractivity contribution >= 4 is 30.3 Å². The Morgan fingerprint density at radius 1 is 1.16 bits per heavy atom. The summed E-state index contributed by atoms with van der Waals surface area (Å²) >= 11 is 0. The van der Waals surface area contributed by atoms with Crippen LogP contribution in [0.3, 0.4) is 0 Å². The standard InChI is InChI=1S/C13H15N3O4.C10H19NO/c1-15(10-3-4-11(20-2)14-7-10)12(19)13(5-6-13)16(8-17)9-18;1-2-3-4-7-10(12)11-8-5-6-9-11/h3-4,7-9H,5-6H2,1-2H3;2-9H2,1H3. The van der Waals surface area contributed by atoms with E-state index in [1.165, 1.54) is 43.9 Å². The fourth-order valence-corrected chi connectivity index (χ4v) is 3.70. The van der Waals surface area contributed by atoms with Crippen molar-refractivity contribution in [1.29, 1.82) is 0 Å². The van der Waals surface area contributed by atoms with Crippen LogP contribution in [0, 0.1) is 0 Å². The number of hydrogen-bond acceptors (Lipinski definition) is 6. The van der Waals surface area contributed by atoms with Crippen molar-refractivity contribution < 1.29 is 23.9 Å². The molecule has 3 rings (SSSR count). The largest absolute Gasteiger partial charge is 0.481 e. The summed E-state index contributed by atoms with van der Waals surface area (Å²) in [6.07, 6.45) is 9.90. The fourth-order valence-electron chi connectivity index (χ4n) is 3.70. The molecule has 0 atom stereocenters. The van der Waals surface area contributed by atoms with Crippen LogP contribution in [0.5, 0.6) is 5.88 Å². The van der Waals surface area contributed by atoms with E-state index in [4.69, 9.17) is 4.74 Å². The SMILES string of the molecule is CCCCCC(=O)N1CCCC1.COc1ccc(N(C)C(=O)C2(N(C=O)C=O)CC2)cn1. The summed E-state index contributed by atoms with van der Waals surface area (Å²) in [6.45, 7) is 4.18. The molecule has 0 bridgehead atoms. The van der Waals surface area contributed by atoms with E-state index in [2.05, 4.69) is 11.9 Å². The Morgan fingerprint density at radius 3 is 2.28 bits per heavy atom. The van der Waals surface area contributed by atoms with Gasteiger partial charge in [-0.15, -0.1) is 0 Å². The molecule has 2 fully saturated rings. The molecule has 0 aromatic carbocycles. The van der Waals surface area contributed by atoms with E-state index in [-0.39, 0.29) is 5.91 Å². The van der Waals surface area contributed by atoms with E-state index in [1.807, 2.05) is 4.90 Å². The lowest BCUT2D eigenvalue weighted by Crippen LogP contribution is -2.49. The molecule has 0 spiro atoms. The van der Waals surface area contributed by atoms with Crippen molar-refractivity contribution in [2.75, 3.05) is 32.1 Å². The Labute approximate surface area is 189 Å². The Morgan fingerprint density at radius 2 is 1.81 bits per heavy atom. The number of likely N-dealkylation sites (tertiary alicyclic amines) is 1. The zero-order chi connectivity index (χ0) is 23.6. The summed E-state index contributed by atoms with van der Waals surface area (Å²) in [7, 11) is 3.09. The van der Waals surface area contributed by atoms with Gasteiger partial charge in [0.15, 0.2) is 0 Å². The first-order valence-corrected chi connectivity index (χ1v) is 11.2. The molecule has 9 heteroatoms. The third-order valence-corrected chi connectivity index (χ3v) is 5.92. The van der Waals surface area contributed by atoms with Gasteiger partial charge >= 0.3 is 0 Å². The number of unbranched alkanes of at least 4 members (excludes halogenated alkanes) is 2. The molecule has 176 valence electrons. The molecule has 1 aromatic heterocycles. The minimum Gasteiger partial charge on any atom is -0.481 e. The van der Waals surface area contributed by atoms with Crippen molar-refractivity contribution in [3.8, 4) is 5.88 Å².